The summed E-state index contributed by atoms with van der Waals surface area (Å²) in [6, 6.07) is 4.37. The van der Waals surface area contributed by atoms with E-state index in [0.717, 1.165) is 11.4 Å². The maximum absolute atomic E-state index is 4.43. The maximum Gasteiger partial charge on any atom is 0.0558 e. The summed E-state index contributed by atoms with van der Waals surface area (Å²) in [5.74, 6) is 0. The Morgan fingerprint density at radius 1 is 0.938 bits per heavy atom. The van der Waals surface area contributed by atoms with Gasteiger partial charge in [0.25, 0.3) is 0 Å². The molecule has 0 fully saturated rings. The highest BCUT2D eigenvalue weighted by atomic mass is 32.1. The topological polar surface area (TPSA) is 12.9 Å². The van der Waals surface area contributed by atoms with Gasteiger partial charge < -0.3 is 0 Å². The second kappa shape index (κ2) is 7.39. The average Bonchev–Trinajstić information content (AvgIpc) is 2.65. The molecule has 0 amide bonds. The molecule has 0 atom stereocenters. The lowest BCUT2D eigenvalue weighted by molar-refractivity contribution is 1.16. The van der Waals surface area contributed by atoms with Gasteiger partial charge in [0.05, 0.1) is 10.4 Å². The third-order valence-electron chi connectivity index (χ3n) is 1.92. The molecular formula is C14H23NS. The van der Waals surface area contributed by atoms with Crippen LogP contribution in [0.4, 0.5) is 0 Å². The molecule has 0 saturated carbocycles. The fourth-order valence-corrected chi connectivity index (χ4v) is 2.43. The lowest BCUT2D eigenvalue weighted by atomic mass is 10.2. The predicted molar refractivity (Wildman–Crippen MR) is 76.5 cm³/mol. The third-order valence-corrected chi connectivity index (χ3v) is 3.10. The number of thiophene rings is 1. The zero-order chi connectivity index (χ0) is 12.7. The fraction of sp³-hybridized carbons (Fsp3) is 0.500. The van der Waals surface area contributed by atoms with Crippen LogP contribution in [0, 0.1) is 20.8 Å². The van der Waals surface area contributed by atoms with E-state index in [1.807, 2.05) is 46.0 Å². The van der Waals surface area contributed by atoms with E-state index in [4.69, 9.17) is 0 Å². The highest BCUT2D eigenvalue weighted by Gasteiger charge is 2.02. The molecule has 16 heavy (non-hydrogen) atoms. The highest BCUT2D eigenvalue weighted by molar-refractivity contribution is 7.19. The van der Waals surface area contributed by atoms with Crippen LogP contribution in [0.1, 0.15) is 44.0 Å². The molecule has 0 aliphatic heterocycles. The summed E-state index contributed by atoms with van der Waals surface area (Å²) in [4.78, 5) is 5.79. The standard InChI is InChI=1S/C10H11NS.2C2H6/c1-6-4-9-5-7(2)12-10(9)8(3)11-6;2*1-2/h4-5H,1-3H3;2*1-2H3. The largest absolute Gasteiger partial charge is 0.257 e. The van der Waals surface area contributed by atoms with Gasteiger partial charge >= 0.3 is 0 Å². The van der Waals surface area contributed by atoms with Gasteiger partial charge in [-0.1, -0.05) is 27.7 Å². The van der Waals surface area contributed by atoms with Crippen LogP contribution in [-0.4, -0.2) is 4.98 Å². The van der Waals surface area contributed by atoms with Gasteiger partial charge in [-0.3, -0.25) is 4.98 Å². The van der Waals surface area contributed by atoms with E-state index in [9.17, 15) is 0 Å². The fourth-order valence-electron chi connectivity index (χ4n) is 1.50. The second-order valence-electron chi connectivity index (χ2n) is 3.12. The van der Waals surface area contributed by atoms with Crippen LogP contribution in [-0.2, 0) is 0 Å². The molecule has 2 heteroatoms. The van der Waals surface area contributed by atoms with Gasteiger partial charge in [-0.25, -0.2) is 0 Å². The summed E-state index contributed by atoms with van der Waals surface area (Å²) in [6.45, 7) is 14.3. The Labute approximate surface area is 104 Å². The van der Waals surface area contributed by atoms with Crippen LogP contribution in [0.3, 0.4) is 0 Å². The molecule has 0 radical (unpaired) electrons. The molecule has 0 spiro atoms. The zero-order valence-corrected chi connectivity index (χ0v) is 12.3. The number of hydrogen-bond donors (Lipinski definition) is 0. The van der Waals surface area contributed by atoms with E-state index >= 15 is 0 Å². The molecular weight excluding hydrogens is 214 g/mol. The molecule has 2 heterocycles. The van der Waals surface area contributed by atoms with Gasteiger partial charge in [-0.05, 0) is 38.3 Å². The second-order valence-corrected chi connectivity index (χ2v) is 4.38. The lowest BCUT2D eigenvalue weighted by Crippen LogP contribution is -1.83. The third kappa shape index (κ3) is 3.60. The number of nitrogens with zero attached hydrogens (tertiary/aromatic N) is 1. The minimum atomic E-state index is 1.11. The predicted octanol–water partition coefficient (Wildman–Crippen LogP) is 5.27. The highest BCUT2D eigenvalue weighted by Crippen LogP contribution is 2.27. The van der Waals surface area contributed by atoms with Crippen molar-refractivity contribution in [3.63, 3.8) is 0 Å². The first kappa shape index (κ1) is 15.1. The van der Waals surface area contributed by atoms with Gasteiger partial charge in [0, 0.05) is 10.6 Å². The number of aromatic nitrogens is 1. The SMILES string of the molecule is CC.CC.Cc1cc2cc(C)sc2c(C)n1. The molecule has 1 nitrogen and oxygen atoms in total. The minimum Gasteiger partial charge on any atom is -0.257 e. The normalized spacial score (nSPS) is 8.94. The van der Waals surface area contributed by atoms with Gasteiger partial charge in [0.2, 0.25) is 0 Å². The van der Waals surface area contributed by atoms with Crippen LogP contribution >= 0.6 is 11.3 Å². The van der Waals surface area contributed by atoms with E-state index in [0.29, 0.717) is 0 Å². The molecule has 0 aromatic carbocycles. The summed E-state index contributed by atoms with van der Waals surface area (Å²) in [5.41, 5.74) is 2.26. The van der Waals surface area contributed by atoms with Crippen molar-refractivity contribution < 1.29 is 0 Å². The average molecular weight is 237 g/mol. The molecule has 0 N–H and O–H groups in total. The number of aryl methyl sites for hydroxylation is 3. The van der Waals surface area contributed by atoms with Gasteiger partial charge in [0.1, 0.15) is 0 Å². The molecule has 2 rings (SSSR count). The van der Waals surface area contributed by atoms with Crippen LogP contribution in [0.5, 0.6) is 0 Å². The van der Waals surface area contributed by atoms with Crippen molar-refractivity contribution in [3.05, 3.63) is 28.4 Å². The number of rotatable bonds is 0. The maximum atomic E-state index is 4.43. The molecule has 0 aliphatic rings. The summed E-state index contributed by atoms with van der Waals surface area (Å²) < 4.78 is 1.33. The lowest BCUT2D eigenvalue weighted by Gasteiger charge is -1.96. The Hall–Kier alpha value is -0.890. The smallest absolute Gasteiger partial charge is 0.0558 e. The monoisotopic (exact) mass is 237 g/mol. The Balaban J connectivity index is 0.000000509. The first-order valence-electron chi connectivity index (χ1n) is 6.01. The van der Waals surface area contributed by atoms with Crippen molar-refractivity contribution in [2.75, 3.05) is 0 Å². The first-order chi connectivity index (χ1) is 7.66. The molecule has 0 aliphatic carbocycles. The number of pyridine rings is 1. The Morgan fingerprint density at radius 2 is 1.50 bits per heavy atom. The van der Waals surface area contributed by atoms with Gasteiger partial charge in [0.15, 0.2) is 0 Å². The van der Waals surface area contributed by atoms with E-state index in [1.165, 1.54) is 15.0 Å². The molecule has 2 aromatic rings. The van der Waals surface area contributed by atoms with Crippen molar-refractivity contribution in [1.82, 2.24) is 4.98 Å². The van der Waals surface area contributed by atoms with Crippen molar-refractivity contribution in [2.24, 2.45) is 0 Å². The van der Waals surface area contributed by atoms with Gasteiger partial charge in [-0.15, -0.1) is 11.3 Å². The van der Waals surface area contributed by atoms with Crippen molar-refractivity contribution in [3.8, 4) is 0 Å². The van der Waals surface area contributed by atoms with E-state index in [1.54, 1.807) is 0 Å². The van der Waals surface area contributed by atoms with E-state index in [-0.39, 0.29) is 0 Å². The summed E-state index contributed by atoms with van der Waals surface area (Å²) in [6.07, 6.45) is 0. The number of fused-ring (bicyclic) bond motifs is 1. The Morgan fingerprint density at radius 3 is 2.06 bits per heavy atom. The summed E-state index contributed by atoms with van der Waals surface area (Å²) in [5, 5.41) is 1.34. The number of hydrogen-bond acceptors (Lipinski definition) is 2. The Kier molecular flexibility index (Phi) is 6.98. The molecule has 0 bridgehead atoms. The first-order valence-corrected chi connectivity index (χ1v) is 6.83. The van der Waals surface area contributed by atoms with E-state index < -0.39 is 0 Å². The van der Waals surface area contributed by atoms with Crippen LogP contribution in [0.2, 0.25) is 0 Å². The molecule has 2 aromatic heterocycles. The summed E-state index contributed by atoms with van der Waals surface area (Å²) in [7, 11) is 0. The minimum absolute atomic E-state index is 1.11. The zero-order valence-electron chi connectivity index (χ0n) is 11.5. The molecule has 0 saturated heterocycles. The van der Waals surface area contributed by atoms with Crippen molar-refractivity contribution in [2.45, 2.75) is 48.5 Å². The quantitative estimate of drug-likeness (QED) is 0.608. The molecule has 90 valence electrons. The van der Waals surface area contributed by atoms with Crippen molar-refractivity contribution in [1.29, 1.82) is 0 Å². The molecule has 0 unspecified atom stereocenters. The van der Waals surface area contributed by atoms with Crippen molar-refractivity contribution >= 4 is 21.4 Å². The van der Waals surface area contributed by atoms with Crippen LogP contribution in [0.25, 0.3) is 10.1 Å². The van der Waals surface area contributed by atoms with Crippen LogP contribution < -0.4 is 0 Å². The van der Waals surface area contributed by atoms with Crippen LogP contribution in [0.15, 0.2) is 12.1 Å². The summed E-state index contributed by atoms with van der Waals surface area (Å²) >= 11 is 1.82. The van der Waals surface area contributed by atoms with E-state index in [2.05, 4.69) is 31.0 Å². The Bertz CT molecular complexity index is 429. The van der Waals surface area contributed by atoms with Gasteiger partial charge in [-0.2, -0.15) is 0 Å².